The van der Waals surface area contributed by atoms with E-state index in [0.717, 1.165) is 21.6 Å². The van der Waals surface area contributed by atoms with Crippen molar-refractivity contribution in [2.45, 2.75) is 37.8 Å². The summed E-state index contributed by atoms with van der Waals surface area (Å²) in [5, 5.41) is 0. The maximum Gasteiger partial charge on any atom is 0.338 e. The zero-order valence-electron chi connectivity index (χ0n) is 24.1. The van der Waals surface area contributed by atoms with Gasteiger partial charge in [0, 0.05) is 10.5 Å². The van der Waals surface area contributed by atoms with Gasteiger partial charge in [-0.1, -0.05) is 59.9 Å². The lowest BCUT2D eigenvalue weighted by molar-refractivity contribution is -0.138. The predicted molar refractivity (Wildman–Crippen MR) is 168 cm³/mol. The van der Waals surface area contributed by atoms with Crippen molar-refractivity contribution >= 4 is 40.8 Å². The predicted octanol–water partition coefficient (Wildman–Crippen LogP) is 5.45. The Hall–Kier alpha value is -4.08. The van der Waals surface area contributed by atoms with E-state index in [9.17, 15) is 9.59 Å². The van der Waals surface area contributed by atoms with Gasteiger partial charge in [-0.2, -0.15) is 0 Å². The van der Waals surface area contributed by atoms with Crippen molar-refractivity contribution < 1.29 is 19.0 Å². The Balaban J connectivity index is 1.75. The van der Waals surface area contributed by atoms with Gasteiger partial charge in [-0.15, -0.1) is 11.8 Å². The molecule has 1 aliphatic heterocycles. The highest BCUT2D eigenvalue weighted by atomic mass is 32.2. The van der Waals surface area contributed by atoms with E-state index in [-0.39, 0.29) is 18.3 Å². The summed E-state index contributed by atoms with van der Waals surface area (Å²) >= 11 is 2.91. The van der Waals surface area contributed by atoms with Crippen LogP contribution < -0.4 is 24.4 Å². The smallest absolute Gasteiger partial charge is 0.338 e. The van der Waals surface area contributed by atoms with Crippen LogP contribution in [-0.2, 0) is 9.53 Å². The molecule has 0 bridgehead atoms. The summed E-state index contributed by atoms with van der Waals surface area (Å²) in [4.78, 5) is 34.2. The van der Waals surface area contributed by atoms with E-state index in [1.807, 2.05) is 99.0 Å². The minimum absolute atomic E-state index is 0.00849. The highest BCUT2D eigenvalue weighted by Crippen LogP contribution is 2.36. The summed E-state index contributed by atoms with van der Waals surface area (Å²) in [5.41, 5.74) is 2.93. The van der Waals surface area contributed by atoms with Crippen LogP contribution in [0, 0.1) is 0 Å². The van der Waals surface area contributed by atoms with Crippen LogP contribution in [0.1, 0.15) is 43.5 Å². The Labute approximate surface area is 252 Å². The lowest BCUT2D eigenvalue weighted by Crippen LogP contribution is -2.40. The minimum atomic E-state index is -0.718. The fourth-order valence-corrected chi connectivity index (χ4v) is 6.23. The van der Waals surface area contributed by atoms with Gasteiger partial charge in [-0.05, 0) is 68.5 Å². The first-order valence-electron chi connectivity index (χ1n) is 13.6. The zero-order chi connectivity index (χ0) is 29.8. The van der Waals surface area contributed by atoms with Gasteiger partial charge in [-0.3, -0.25) is 9.36 Å². The number of methoxy groups -OCH3 is 1. The first-order valence-corrected chi connectivity index (χ1v) is 15.7. The second-order valence-electron chi connectivity index (χ2n) is 9.78. The first kappa shape index (κ1) is 29.4. The Morgan fingerprint density at radius 2 is 1.81 bits per heavy atom. The fourth-order valence-electron chi connectivity index (χ4n) is 4.82. The lowest BCUT2D eigenvalue weighted by atomic mass is 9.93. The van der Waals surface area contributed by atoms with Gasteiger partial charge in [-0.25, -0.2) is 9.79 Å². The zero-order valence-corrected chi connectivity index (χ0v) is 25.8. The molecule has 0 amide bonds. The summed E-state index contributed by atoms with van der Waals surface area (Å²) in [6.45, 7) is 5.87. The number of esters is 1. The Bertz CT molecular complexity index is 1810. The third kappa shape index (κ3) is 5.93. The standard InChI is InChI=1S/C33H32N2O5S2/c1-6-39-32(37)28-29(22-10-8-7-9-11-22)34-33-35(30(28)23-13-15-24(41-5)16-14-23)31(36)27(42-33)19-21-12-17-25(40-20(2)3)26(18-21)38-4/h7-20,30H,6H2,1-5H3/b27-19-/t30-/m1/s1. The van der Waals surface area contributed by atoms with Crippen molar-refractivity contribution in [2.24, 2.45) is 4.99 Å². The maximum absolute atomic E-state index is 14.1. The quantitative estimate of drug-likeness (QED) is 0.188. The van der Waals surface area contributed by atoms with Gasteiger partial charge in [0.05, 0.1) is 41.7 Å². The SMILES string of the molecule is CCOC(=O)C1=C(c2ccccc2)N=c2s/c(=C\c3ccc(OC(C)C)c(OC)c3)c(=O)n2[C@@H]1c1ccc(SC)cc1. The van der Waals surface area contributed by atoms with Crippen LogP contribution in [0.3, 0.4) is 0 Å². The van der Waals surface area contributed by atoms with Gasteiger partial charge < -0.3 is 14.2 Å². The molecule has 7 nitrogen and oxygen atoms in total. The summed E-state index contributed by atoms with van der Waals surface area (Å²) in [6.07, 6.45) is 3.81. The molecule has 0 saturated heterocycles. The molecule has 0 saturated carbocycles. The van der Waals surface area contributed by atoms with Crippen LogP contribution in [0.2, 0.25) is 0 Å². The number of hydrogen-bond acceptors (Lipinski definition) is 8. The highest BCUT2D eigenvalue weighted by molar-refractivity contribution is 7.98. The second kappa shape index (κ2) is 12.8. The number of benzene rings is 3. The van der Waals surface area contributed by atoms with Gasteiger partial charge in [0.15, 0.2) is 16.3 Å². The van der Waals surface area contributed by atoms with Crippen molar-refractivity contribution in [1.82, 2.24) is 4.57 Å². The Morgan fingerprint density at radius 3 is 2.45 bits per heavy atom. The van der Waals surface area contributed by atoms with Crippen LogP contribution in [-0.4, -0.2) is 36.6 Å². The van der Waals surface area contributed by atoms with Crippen molar-refractivity contribution in [3.05, 3.63) is 115 Å². The van der Waals surface area contributed by atoms with E-state index >= 15 is 0 Å². The van der Waals surface area contributed by atoms with Crippen LogP contribution in [0.25, 0.3) is 11.8 Å². The van der Waals surface area contributed by atoms with E-state index in [2.05, 4.69) is 0 Å². The Kier molecular flexibility index (Phi) is 8.99. The summed E-state index contributed by atoms with van der Waals surface area (Å²) in [6, 6.07) is 22.3. The average molecular weight is 601 g/mol. The fraction of sp³-hybridized carbons (Fsp3) is 0.242. The molecule has 0 unspecified atom stereocenters. The molecule has 0 spiro atoms. The average Bonchev–Trinajstić information content (AvgIpc) is 3.31. The molecular formula is C33H32N2O5S2. The maximum atomic E-state index is 14.1. The molecule has 0 N–H and O–H groups in total. The number of aromatic nitrogens is 1. The van der Waals surface area contributed by atoms with E-state index in [1.165, 1.54) is 11.3 Å². The number of hydrogen-bond donors (Lipinski definition) is 0. The van der Waals surface area contributed by atoms with Crippen molar-refractivity contribution in [2.75, 3.05) is 20.0 Å². The molecule has 2 heterocycles. The number of ether oxygens (including phenoxy) is 3. The number of nitrogens with zero attached hydrogens (tertiary/aromatic N) is 2. The molecule has 5 rings (SSSR count). The highest BCUT2D eigenvalue weighted by Gasteiger charge is 2.35. The molecule has 0 radical (unpaired) electrons. The molecule has 4 aromatic rings. The van der Waals surface area contributed by atoms with Crippen LogP contribution >= 0.6 is 23.1 Å². The third-order valence-corrected chi connectivity index (χ3v) is 8.38. The van der Waals surface area contributed by atoms with Crippen molar-refractivity contribution in [1.29, 1.82) is 0 Å². The van der Waals surface area contributed by atoms with Gasteiger partial charge in [0.2, 0.25) is 0 Å². The topological polar surface area (TPSA) is 79.1 Å². The van der Waals surface area contributed by atoms with E-state index in [4.69, 9.17) is 19.2 Å². The van der Waals surface area contributed by atoms with Crippen molar-refractivity contribution in [3.8, 4) is 11.5 Å². The summed E-state index contributed by atoms with van der Waals surface area (Å²) in [5.74, 6) is 0.707. The van der Waals surface area contributed by atoms with Crippen LogP contribution in [0.4, 0.5) is 0 Å². The first-order chi connectivity index (χ1) is 20.3. The van der Waals surface area contributed by atoms with E-state index in [1.54, 1.807) is 30.4 Å². The molecule has 3 aromatic carbocycles. The number of fused-ring (bicyclic) bond motifs is 1. The van der Waals surface area contributed by atoms with Gasteiger partial charge in [0.25, 0.3) is 5.56 Å². The monoisotopic (exact) mass is 600 g/mol. The largest absolute Gasteiger partial charge is 0.493 e. The Morgan fingerprint density at radius 1 is 1.07 bits per heavy atom. The molecular weight excluding hydrogens is 569 g/mol. The molecule has 1 aliphatic rings. The molecule has 1 atom stereocenters. The summed E-state index contributed by atoms with van der Waals surface area (Å²) < 4.78 is 19.0. The third-order valence-electron chi connectivity index (χ3n) is 6.65. The number of thioether (sulfide) groups is 1. The molecule has 0 fully saturated rings. The molecule has 1 aromatic heterocycles. The molecule has 216 valence electrons. The van der Waals surface area contributed by atoms with E-state index in [0.29, 0.717) is 32.1 Å². The van der Waals surface area contributed by atoms with E-state index < -0.39 is 12.0 Å². The van der Waals surface area contributed by atoms with Crippen LogP contribution in [0.5, 0.6) is 11.5 Å². The molecule has 0 aliphatic carbocycles. The number of thiazole rings is 1. The number of carbonyl (C=O) groups excluding carboxylic acids is 1. The second-order valence-corrected chi connectivity index (χ2v) is 11.7. The number of carbonyl (C=O) groups is 1. The minimum Gasteiger partial charge on any atom is -0.493 e. The normalized spacial score (nSPS) is 14.9. The summed E-state index contributed by atoms with van der Waals surface area (Å²) in [7, 11) is 1.59. The number of rotatable bonds is 9. The molecule has 42 heavy (non-hydrogen) atoms. The van der Waals surface area contributed by atoms with Gasteiger partial charge >= 0.3 is 5.97 Å². The molecule has 9 heteroatoms. The van der Waals surface area contributed by atoms with Crippen LogP contribution in [0.15, 0.2) is 93.1 Å². The lowest BCUT2D eigenvalue weighted by Gasteiger charge is -2.26. The van der Waals surface area contributed by atoms with Gasteiger partial charge in [0.1, 0.15) is 0 Å². The van der Waals surface area contributed by atoms with Crippen molar-refractivity contribution in [3.63, 3.8) is 0 Å².